The predicted molar refractivity (Wildman–Crippen MR) is 120 cm³/mol. The van der Waals surface area contributed by atoms with Crippen LogP contribution < -0.4 is 15.0 Å². The summed E-state index contributed by atoms with van der Waals surface area (Å²) in [4.78, 5) is 17.1. The van der Waals surface area contributed by atoms with Gasteiger partial charge in [0, 0.05) is 44.2 Å². The van der Waals surface area contributed by atoms with Crippen LogP contribution in [0.5, 0.6) is 5.75 Å². The van der Waals surface area contributed by atoms with E-state index in [-0.39, 0.29) is 22.8 Å². The highest BCUT2D eigenvalue weighted by Gasteiger charge is 2.28. The number of nitrogens with one attached hydrogen (secondary N) is 1. The molecule has 2 aliphatic rings. The Kier molecular flexibility index (Phi) is 6.66. The number of anilines is 1. The molecule has 0 aliphatic carbocycles. The summed E-state index contributed by atoms with van der Waals surface area (Å²) in [5.41, 5.74) is 1.67. The number of rotatable bonds is 6. The smallest absolute Gasteiger partial charge is 0.322 e. The van der Waals surface area contributed by atoms with E-state index < -0.39 is 9.84 Å². The molecule has 0 aromatic heterocycles. The lowest BCUT2D eigenvalue weighted by Crippen LogP contribution is -2.49. The number of hydrogen-bond donors (Lipinski definition) is 1. The zero-order valence-corrected chi connectivity index (χ0v) is 18.9. The number of nitrogens with zero attached hydrogens (tertiary/aromatic N) is 2. The summed E-state index contributed by atoms with van der Waals surface area (Å²) in [6, 6.07) is 10.9. The number of piperidine rings is 1. The Hall–Kier alpha value is -2.65. The first-order valence-corrected chi connectivity index (χ1v) is 12.7. The zero-order chi connectivity index (χ0) is 22.7. The second-order valence-electron chi connectivity index (χ2n) is 8.33. The van der Waals surface area contributed by atoms with Crippen LogP contribution in [0.4, 0.5) is 14.9 Å². The summed E-state index contributed by atoms with van der Waals surface area (Å²) >= 11 is 0. The number of hydrogen-bond acceptors (Lipinski definition) is 5. The molecule has 0 spiro atoms. The molecule has 9 heteroatoms. The molecule has 0 bridgehead atoms. The van der Waals surface area contributed by atoms with Crippen LogP contribution in [-0.2, 0) is 16.3 Å². The van der Waals surface area contributed by atoms with Crippen molar-refractivity contribution in [3.63, 3.8) is 0 Å². The molecule has 0 radical (unpaired) electrons. The van der Waals surface area contributed by atoms with Crippen LogP contribution in [0.15, 0.2) is 47.4 Å². The van der Waals surface area contributed by atoms with Gasteiger partial charge in [-0.1, -0.05) is 0 Å². The minimum Gasteiger partial charge on any atom is -0.492 e. The van der Waals surface area contributed by atoms with Gasteiger partial charge in [-0.25, -0.2) is 17.6 Å². The minimum absolute atomic E-state index is 0.108. The highest BCUT2D eigenvalue weighted by Crippen LogP contribution is 2.30. The van der Waals surface area contributed by atoms with Crippen molar-refractivity contribution in [2.75, 3.05) is 43.9 Å². The van der Waals surface area contributed by atoms with Crippen LogP contribution in [0.2, 0.25) is 0 Å². The molecule has 1 N–H and O–H groups in total. The molecule has 0 unspecified atom stereocenters. The number of fused-ring (bicyclic) bond motifs is 1. The number of ether oxygens (including phenoxy) is 1. The summed E-state index contributed by atoms with van der Waals surface area (Å²) in [6.07, 6.45) is 3.56. The highest BCUT2D eigenvalue weighted by atomic mass is 32.2. The number of amides is 2. The third-order valence-corrected chi connectivity index (χ3v) is 7.14. The quantitative estimate of drug-likeness (QED) is 0.716. The van der Waals surface area contributed by atoms with Gasteiger partial charge in [-0.05, 0) is 67.3 Å². The van der Waals surface area contributed by atoms with E-state index in [2.05, 4.69) is 10.2 Å². The number of benzene rings is 2. The Labute approximate surface area is 188 Å². The van der Waals surface area contributed by atoms with Gasteiger partial charge in [-0.2, -0.15) is 0 Å². The van der Waals surface area contributed by atoms with Gasteiger partial charge in [0.05, 0.1) is 4.90 Å². The normalized spacial score (nSPS) is 17.2. The first-order chi connectivity index (χ1) is 15.3. The lowest BCUT2D eigenvalue weighted by atomic mass is 10.1. The van der Waals surface area contributed by atoms with E-state index in [4.69, 9.17) is 4.74 Å². The molecule has 2 heterocycles. The molecule has 4 rings (SSSR count). The highest BCUT2D eigenvalue weighted by molar-refractivity contribution is 7.90. The maximum absolute atomic E-state index is 12.9. The van der Waals surface area contributed by atoms with E-state index in [1.54, 1.807) is 35.2 Å². The number of carbonyl (C=O) groups is 1. The van der Waals surface area contributed by atoms with E-state index >= 15 is 0 Å². The van der Waals surface area contributed by atoms with Crippen LogP contribution in [0, 0.1) is 5.82 Å². The summed E-state index contributed by atoms with van der Waals surface area (Å²) in [5.74, 6) is 0.376. The molecule has 2 aromatic carbocycles. The van der Waals surface area contributed by atoms with Gasteiger partial charge in [0.2, 0.25) is 0 Å². The third kappa shape index (κ3) is 5.39. The molecule has 0 atom stereocenters. The van der Waals surface area contributed by atoms with Crippen LogP contribution in [0.3, 0.4) is 0 Å². The second kappa shape index (κ2) is 9.46. The van der Waals surface area contributed by atoms with Gasteiger partial charge in [0.15, 0.2) is 9.84 Å². The fraction of sp³-hybridized carbons (Fsp3) is 0.435. The molecular formula is C23H28FN3O4S. The monoisotopic (exact) mass is 461 g/mol. The van der Waals surface area contributed by atoms with E-state index in [1.807, 2.05) is 0 Å². The van der Waals surface area contributed by atoms with E-state index in [0.717, 1.165) is 43.7 Å². The molecule has 2 amide bonds. The summed E-state index contributed by atoms with van der Waals surface area (Å²) < 4.78 is 42.1. The van der Waals surface area contributed by atoms with Crippen molar-refractivity contribution in [2.24, 2.45) is 0 Å². The number of halogens is 1. The van der Waals surface area contributed by atoms with Crippen LogP contribution >= 0.6 is 0 Å². The first-order valence-electron chi connectivity index (χ1n) is 10.8. The molecule has 1 saturated heterocycles. The molecule has 172 valence electrons. The summed E-state index contributed by atoms with van der Waals surface area (Å²) in [5, 5.41) is 3.13. The third-order valence-electron chi connectivity index (χ3n) is 6.02. The molecule has 7 nitrogen and oxygen atoms in total. The zero-order valence-electron chi connectivity index (χ0n) is 18.1. The van der Waals surface area contributed by atoms with Crippen molar-refractivity contribution in [3.05, 3.63) is 53.8 Å². The minimum atomic E-state index is -3.26. The van der Waals surface area contributed by atoms with Crippen LogP contribution in [-0.4, -0.2) is 64.4 Å². The average Bonchev–Trinajstić information content (AvgIpc) is 3.19. The van der Waals surface area contributed by atoms with Crippen molar-refractivity contribution in [1.29, 1.82) is 0 Å². The van der Waals surface area contributed by atoms with Gasteiger partial charge in [0.1, 0.15) is 18.2 Å². The number of carbonyl (C=O) groups excluding carboxylic acids is 1. The van der Waals surface area contributed by atoms with Crippen LogP contribution in [0.25, 0.3) is 0 Å². The Bertz CT molecular complexity index is 1070. The fourth-order valence-corrected chi connectivity index (χ4v) is 4.87. The topological polar surface area (TPSA) is 79.0 Å². The molecule has 1 fully saturated rings. The Balaban J connectivity index is 1.23. The van der Waals surface area contributed by atoms with Gasteiger partial charge < -0.3 is 10.1 Å². The number of urea groups is 1. The van der Waals surface area contributed by atoms with Crippen molar-refractivity contribution >= 4 is 21.6 Å². The molecule has 32 heavy (non-hydrogen) atoms. The molecule has 2 aromatic rings. The molecule has 0 saturated carbocycles. The Morgan fingerprint density at radius 3 is 2.53 bits per heavy atom. The second-order valence-corrected chi connectivity index (χ2v) is 10.3. The Morgan fingerprint density at radius 2 is 1.84 bits per heavy atom. The first kappa shape index (κ1) is 22.5. The summed E-state index contributed by atoms with van der Waals surface area (Å²) in [7, 11) is -3.26. The maximum Gasteiger partial charge on any atom is 0.322 e. The van der Waals surface area contributed by atoms with E-state index in [0.29, 0.717) is 25.3 Å². The van der Waals surface area contributed by atoms with Gasteiger partial charge >= 0.3 is 6.03 Å². The molecular weight excluding hydrogens is 433 g/mol. The molecule has 2 aliphatic heterocycles. The standard InChI is InChI=1S/C23H28FN3O4S/c1-32(29,30)21-6-7-22-17(16-21)8-13-27(22)23(28)25-19-9-11-26(12-10-19)14-15-31-20-4-2-18(24)3-5-20/h2-7,16,19H,8-15H2,1H3,(H,25,28). The van der Waals surface area contributed by atoms with Crippen molar-refractivity contribution in [1.82, 2.24) is 10.2 Å². The van der Waals surface area contributed by atoms with E-state index in [9.17, 15) is 17.6 Å². The van der Waals surface area contributed by atoms with Gasteiger partial charge in [0.25, 0.3) is 0 Å². The van der Waals surface area contributed by atoms with Crippen LogP contribution in [0.1, 0.15) is 18.4 Å². The largest absolute Gasteiger partial charge is 0.492 e. The van der Waals surface area contributed by atoms with Crippen molar-refractivity contribution < 1.29 is 22.3 Å². The lowest BCUT2D eigenvalue weighted by Gasteiger charge is -2.33. The lowest BCUT2D eigenvalue weighted by molar-refractivity contribution is 0.165. The fourth-order valence-electron chi connectivity index (χ4n) is 4.20. The van der Waals surface area contributed by atoms with Gasteiger partial charge in [-0.3, -0.25) is 9.80 Å². The maximum atomic E-state index is 12.9. The Morgan fingerprint density at radius 1 is 1.12 bits per heavy atom. The number of likely N-dealkylation sites (tertiary alicyclic amines) is 1. The SMILES string of the molecule is CS(=O)(=O)c1ccc2c(c1)CCN2C(=O)NC1CCN(CCOc2ccc(F)cc2)CC1. The van der Waals surface area contributed by atoms with Gasteiger partial charge in [-0.15, -0.1) is 0 Å². The number of sulfone groups is 1. The predicted octanol–water partition coefficient (Wildman–Crippen LogP) is 2.84. The van der Waals surface area contributed by atoms with Crippen molar-refractivity contribution in [2.45, 2.75) is 30.2 Å². The average molecular weight is 462 g/mol. The summed E-state index contributed by atoms with van der Waals surface area (Å²) in [6.45, 7) is 3.59. The van der Waals surface area contributed by atoms with Crippen molar-refractivity contribution in [3.8, 4) is 5.75 Å². The van der Waals surface area contributed by atoms with E-state index in [1.165, 1.54) is 18.4 Å².